The molecule has 0 saturated carbocycles. The van der Waals surface area contributed by atoms with Gasteiger partial charge >= 0.3 is 0 Å². The molecule has 88 valence electrons. The molecule has 1 fully saturated rings. The van der Waals surface area contributed by atoms with Crippen LogP contribution in [0.1, 0.15) is 33.6 Å². The van der Waals surface area contributed by atoms with Crippen molar-refractivity contribution in [3.63, 3.8) is 0 Å². The molecule has 1 aliphatic heterocycles. The van der Waals surface area contributed by atoms with Gasteiger partial charge in [0.05, 0.1) is 6.61 Å². The Morgan fingerprint density at radius 2 is 2.20 bits per heavy atom. The average molecular weight is 214 g/mol. The Labute approximate surface area is 92.1 Å². The monoisotopic (exact) mass is 214 g/mol. The molecule has 0 aromatic rings. The maximum atomic E-state index is 11.6. The molecule has 1 aliphatic rings. The topological polar surface area (TPSA) is 35.5 Å². The molecule has 3 nitrogen and oxygen atoms in total. The minimum absolute atomic E-state index is 0.0830. The van der Waals surface area contributed by atoms with E-state index < -0.39 is 0 Å². The van der Waals surface area contributed by atoms with Crippen molar-refractivity contribution in [2.45, 2.75) is 33.6 Å². The largest absolute Gasteiger partial charge is 0.381 e. The van der Waals surface area contributed by atoms with Crippen molar-refractivity contribution < 1.29 is 14.3 Å². The molecule has 0 radical (unpaired) electrons. The third-order valence-corrected chi connectivity index (χ3v) is 2.63. The summed E-state index contributed by atoms with van der Waals surface area (Å²) in [5, 5.41) is 0. The molecular formula is C12H22O3. The summed E-state index contributed by atoms with van der Waals surface area (Å²) < 4.78 is 10.5. The number of hydrogen-bond donors (Lipinski definition) is 0. The minimum Gasteiger partial charge on any atom is -0.381 e. The SMILES string of the molecule is CC(C)(C)CCOCC(=O)C1CCOC1. The van der Waals surface area contributed by atoms with Crippen LogP contribution >= 0.6 is 0 Å². The fourth-order valence-electron chi connectivity index (χ4n) is 1.46. The highest BCUT2D eigenvalue weighted by atomic mass is 16.5. The zero-order valence-electron chi connectivity index (χ0n) is 10.0. The predicted molar refractivity (Wildman–Crippen MR) is 58.8 cm³/mol. The third-order valence-electron chi connectivity index (χ3n) is 2.63. The van der Waals surface area contributed by atoms with Crippen molar-refractivity contribution in [3.8, 4) is 0 Å². The van der Waals surface area contributed by atoms with Crippen molar-refractivity contribution in [3.05, 3.63) is 0 Å². The zero-order chi connectivity index (χ0) is 11.3. The summed E-state index contributed by atoms with van der Waals surface area (Å²) in [5.41, 5.74) is 0.277. The third kappa shape index (κ3) is 5.28. The van der Waals surface area contributed by atoms with Crippen molar-refractivity contribution >= 4 is 5.78 Å². The molecule has 1 heterocycles. The van der Waals surface area contributed by atoms with Gasteiger partial charge in [-0.3, -0.25) is 4.79 Å². The number of Topliss-reactive ketones (excluding diaryl/α,β-unsaturated/α-hetero) is 1. The van der Waals surface area contributed by atoms with E-state index in [0.29, 0.717) is 13.2 Å². The van der Waals surface area contributed by atoms with Gasteiger partial charge in [-0.2, -0.15) is 0 Å². The van der Waals surface area contributed by atoms with E-state index in [1.165, 1.54) is 0 Å². The van der Waals surface area contributed by atoms with Crippen LogP contribution in [0.3, 0.4) is 0 Å². The standard InChI is InChI=1S/C12H22O3/c1-12(2,3)5-7-15-9-11(13)10-4-6-14-8-10/h10H,4-9H2,1-3H3. The second-order valence-corrected chi connectivity index (χ2v) is 5.39. The fraction of sp³-hybridized carbons (Fsp3) is 0.917. The van der Waals surface area contributed by atoms with Crippen LogP contribution in [0.4, 0.5) is 0 Å². The van der Waals surface area contributed by atoms with Gasteiger partial charge in [-0.25, -0.2) is 0 Å². The molecule has 1 saturated heterocycles. The number of ketones is 1. The van der Waals surface area contributed by atoms with Gasteiger partial charge in [-0.05, 0) is 18.3 Å². The Balaban J connectivity index is 2.07. The summed E-state index contributed by atoms with van der Waals surface area (Å²) in [7, 11) is 0. The summed E-state index contributed by atoms with van der Waals surface area (Å²) in [6.45, 7) is 8.74. The van der Waals surface area contributed by atoms with Crippen LogP contribution in [-0.2, 0) is 14.3 Å². The van der Waals surface area contributed by atoms with E-state index in [9.17, 15) is 4.79 Å². The first-order valence-electron chi connectivity index (χ1n) is 5.67. The van der Waals surface area contributed by atoms with Gasteiger partial charge in [0.25, 0.3) is 0 Å². The second-order valence-electron chi connectivity index (χ2n) is 5.39. The lowest BCUT2D eigenvalue weighted by molar-refractivity contribution is -0.127. The first kappa shape index (κ1) is 12.7. The first-order chi connectivity index (χ1) is 6.99. The normalized spacial score (nSPS) is 21.9. The number of carbonyl (C=O) groups is 1. The Bertz CT molecular complexity index is 199. The highest BCUT2D eigenvalue weighted by Gasteiger charge is 2.23. The molecule has 0 aromatic heterocycles. The van der Waals surface area contributed by atoms with Crippen molar-refractivity contribution in [1.82, 2.24) is 0 Å². The van der Waals surface area contributed by atoms with Gasteiger partial charge in [0.1, 0.15) is 6.61 Å². The molecule has 1 atom stereocenters. The minimum atomic E-state index is 0.0830. The number of ether oxygens (including phenoxy) is 2. The lowest BCUT2D eigenvalue weighted by Crippen LogP contribution is -2.21. The Morgan fingerprint density at radius 1 is 1.47 bits per heavy atom. The number of hydrogen-bond acceptors (Lipinski definition) is 3. The van der Waals surface area contributed by atoms with Gasteiger partial charge in [0.15, 0.2) is 5.78 Å². The first-order valence-corrected chi connectivity index (χ1v) is 5.67. The Kier molecular flexibility index (Phi) is 4.74. The fourth-order valence-corrected chi connectivity index (χ4v) is 1.46. The van der Waals surface area contributed by atoms with E-state index in [1.807, 2.05) is 0 Å². The van der Waals surface area contributed by atoms with Gasteiger partial charge in [-0.1, -0.05) is 20.8 Å². The second kappa shape index (κ2) is 5.61. The van der Waals surface area contributed by atoms with Crippen LogP contribution in [0.5, 0.6) is 0 Å². The molecule has 0 N–H and O–H groups in total. The van der Waals surface area contributed by atoms with E-state index in [2.05, 4.69) is 20.8 Å². The highest BCUT2D eigenvalue weighted by Crippen LogP contribution is 2.18. The van der Waals surface area contributed by atoms with Crippen LogP contribution in [0.2, 0.25) is 0 Å². The predicted octanol–water partition coefficient (Wildman–Crippen LogP) is 2.04. The van der Waals surface area contributed by atoms with Gasteiger partial charge < -0.3 is 9.47 Å². The highest BCUT2D eigenvalue weighted by molar-refractivity contribution is 5.82. The van der Waals surface area contributed by atoms with E-state index in [-0.39, 0.29) is 23.7 Å². The molecular weight excluding hydrogens is 192 g/mol. The Hall–Kier alpha value is -0.410. The van der Waals surface area contributed by atoms with Crippen molar-refractivity contribution in [2.75, 3.05) is 26.4 Å². The molecule has 0 bridgehead atoms. The van der Waals surface area contributed by atoms with Crippen LogP contribution in [-0.4, -0.2) is 32.2 Å². The molecule has 0 aromatic carbocycles. The van der Waals surface area contributed by atoms with E-state index in [0.717, 1.165) is 19.4 Å². The maximum absolute atomic E-state index is 11.6. The van der Waals surface area contributed by atoms with E-state index in [1.54, 1.807) is 0 Å². The van der Waals surface area contributed by atoms with Gasteiger partial charge in [0, 0.05) is 19.1 Å². The van der Waals surface area contributed by atoms with Crippen LogP contribution in [0.15, 0.2) is 0 Å². The number of carbonyl (C=O) groups excluding carboxylic acids is 1. The van der Waals surface area contributed by atoms with E-state index in [4.69, 9.17) is 9.47 Å². The van der Waals surface area contributed by atoms with Crippen LogP contribution in [0, 0.1) is 11.3 Å². The Morgan fingerprint density at radius 3 is 2.73 bits per heavy atom. The summed E-state index contributed by atoms with van der Waals surface area (Å²) in [5.74, 6) is 0.279. The zero-order valence-corrected chi connectivity index (χ0v) is 10.0. The van der Waals surface area contributed by atoms with E-state index >= 15 is 0 Å². The molecule has 3 heteroatoms. The summed E-state index contributed by atoms with van der Waals surface area (Å²) >= 11 is 0. The number of rotatable bonds is 5. The molecule has 15 heavy (non-hydrogen) atoms. The summed E-state index contributed by atoms with van der Waals surface area (Å²) in [6.07, 6.45) is 1.85. The quantitative estimate of drug-likeness (QED) is 0.657. The lowest BCUT2D eigenvalue weighted by atomic mass is 9.93. The van der Waals surface area contributed by atoms with Gasteiger partial charge in [0.2, 0.25) is 0 Å². The molecule has 0 amide bonds. The van der Waals surface area contributed by atoms with Crippen molar-refractivity contribution in [2.24, 2.45) is 11.3 Å². The molecule has 1 unspecified atom stereocenters. The molecule has 0 spiro atoms. The lowest BCUT2D eigenvalue weighted by Gasteiger charge is -2.17. The van der Waals surface area contributed by atoms with Crippen molar-refractivity contribution in [1.29, 1.82) is 0 Å². The smallest absolute Gasteiger partial charge is 0.163 e. The summed E-state index contributed by atoms with van der Waals surface area (Å²) in [6, 6.07) is 0. The molecule has 1 rings (SSSR count). The van der Waals surface area contributed by atoms with Gasteiger partial charge in [-0.15, -0.1) is 0 Å². The maximum Gasteiger partial charge on any atom is 0.163 e. The molecule has 0 aliphatic carbocycles. The van der Waals surface area contributed by atoms with Crippen LogP contribution in [0.25, 0.3) is 0 Å². The average Bonchev–Trinajstić information content (AvgIpc) is 2.63. The summed E-state index contributed by atoms with van der Waals surface area (Å²) in [4.78, 5) is 11.6. The van der Waals surface area contributed by atoms with Crippen LogP contribution < -0.4 is 0 Å².